The number of para-hydroxylation sites is 1. The van der Waals surface area contributed by atoms with Crippen molar-refractivity contribution in [1.82, 2.24) is 9.80 Å². The molecule has 0 unspecified atom stereocenters. The minimum Gasteiger partial charge on any atom is -0.508 e. The number of carbonyl (C=O) groups is 1. The summed E-state index contributed by atoms with van der Waals surface area (Å²) in [5.74, 6) is 0.231. The van der Waals surface area contributed by atoms with Crippen molar-refractivity contribution in [1.29, 1.82) is 0 Å². The molecule has 1 aliphatic heterocycles. The molecule has 0 spiro atoms. The molecule has 0 atom stereocenters. The van der Waals surface area contributed by atoms with E-state index in [1.165, 1.54) is 0 Å². The molecule has 0 aromatic heterocycles. The molecular weight excluding hydrogens is 256 g/mol. The van der Waals surface area contributed by atoms with Crippen LogP contribution in [0.1, 0.15) is 12.0 Å². The quantitative estimate of drug-likeness (QED) is 0.840. The number of carbonyl (C=O) groups excluding carboxylic acids is 1. The van der Waals surface area contributed by atoms with Crippen LogP contribution in [0.3, 0.4) is 0 Å². The maximum Gasteiger partial charge on any atom is 0.227 e. The summed E-state index contributed by atoms with van der Waals surface area (Å²) >= 11 is 0. The highest BCUT2D eigenvalue weighted by atomic mass is 16.3. The zero-order valence-electron chi connectivity index (χ0n) is 11.7. The van der Waals surface area contributed by atoms with E-state index in [4.69, 9.17) is 5.11 Å². The number of rotatable bonds is 4. The minimum absolute atomic E-state index is 0.0531. The van der Waals surface area contributed by atoms with Gasteiger partial charge in [-0.15, -0.1) is 0 Å². The zero-order valence-corrected chi connectivity index (χ0v) is 11.7. The van der Waals surface area contributed by atoms with E-state index in [9.17, 15) is 9.90 Å². The second-order valence-electron chi connectivity index (χ2n) is 5.11. The fourth-order valence-electron chi connectivity index (χ4n) is 2.52. The molecule has 1 amide bonds. The lowest BCUT2D eigenvalue weighted by molar-refractivity contribution is -0.130. The van der Waals surface area contributed by atoms with Crippen LogP contribution < -0.4 is 0 Å². The van der Waals surface area contributed by atoms with Crippen LogP contribution in [0.2, 0.25) is 0 Å². The van der Waals surface area contributed by atoms with Gasteiger partial charge in [0.05, 0.1) is 13.0 Å². The summed E-state index contributed by atoms with van der Waals surface area (Å²) in [7, 11) is 0. The van der Waals surface area contributed by atoms with Crippen LogP contribution in [0.25, 0.3) is 0 Å². The molecule has 2 N–H and O–H groups in total. The molecule has 1 heterocycles. The molecule has 5 nitrogen and oxygen atoms in total. The number of phenols is 1. The Hall–Kier alpha value is -1.59. The Labute approximate surface area is 119 Å². The number of hydrogen-bond acceptors (Lipinski definition) is 4. The van der Waals surface area contributed by atoms with Gasteiger partial charge in [0.25, 0.3) is 0 Å². The first kappa shape index (κ1) is 14.8. The van der Waals surface area contributed by atoms with Gasteiger partial charge in [-0.25, -0.2) is 0 Å². The largest absolute Gasteiger partial charge is 0.508 e. The molecular formula is C15H22N2O3. The molecule has 1 aliphatic rings. The van der Waals surface area contributed by atoms with Crippen LogP contribution in [0, 0.1) is 0 Å². The lowest BCUT2D eigenvalue weighted by Gasteiger charge is -2.21. The van der Waals surface area contributed by atoms with Gasteiger partial charge in [0.2, 0.25) is 5.91 Å². The van der Waals surface area contributed by atoms with Crippen molar-refractivity contribution in [2.45, 2.75) is 12.8 Å². The van der Waals surface area contributed by atoms with Crippen LogP contribution in [-0.4, -0.2) is 65.3 Å². The summed E-state index contributed by atoms with van der Waals surface area (Å²) in [5, 5.41) is 18.7. The van der Waals surface area contributed by atoms with Crippen LogP contribution >= 0.6 is 0 Å². The Morgan fingerprint density at radius 2 is 1.95 bits per heavy atom. The second-order valence-corrected chi connectivity index (χ2v) is 5.11. The highest BCUT2D eigenvalue weighted by Crippen LogP contribution is 2.17. The van der Waals surface area contributed by atoms with Crippen molar-refractivity contribution in [2.24, 2.45) is 0 Å². The Kier molecular flexibility index (Phi) is 5.38. The summed E-state index contributed by atoms with van der Waals surface area (Å²) in [6.45, 7) is 3.97. The van der Waals surface area contributed by atoms with E-state index in [1.807, 2.05) is 11.0 Å². The fourth-order valence-corrected chi connectivity index (χ4v) is 2.52. The maximum absolute atomic E-state index is 12.3. The van der Waals surface area contributed by atoms with Gasteiger partial charge in [-0.3, -0.25) is 9.69 Å². The molecule has 0 radical (unpaired) electrons. The molecule has 1 aromatic carbocycles. The number of β-amino-alcohol motifs (C(OH)–C–C–N with tert-alkyl or cyclic N) is 1. The van der Waals surface area contributed by atoms with Crippen molar-refractivity contribution in [3.8, 4) is 5.75 Å². The first-order valence-corrected chi connectivity index (χ1v) is 7.08. The number of aromatic hydroxyl groups is 1. The van der Waals surface area contributed by atoms with Gasteiger partial charge < -0.3 is 15.1 Å². The van der Waals surface area contributed by atoms with Crippen molar-refractivity contribution >= 4 is 5.91 Å². The van der Waals surface area contributed by atoms with Crippen molar-refractivity contribution in [3.05, 3.63) is 29.8 Å². The molecule has 110 valence electrons. The van der Waals surface area contributed by atoms with E-state index in [2.05, 4.69) is 4.90 Å². The molecule has 0 aliphatic carbocycles. The minimum atomic E-state index is 0.0531. The van der Waals surface area contributed by atoms with E-state index in [1.54, 1.807) is 18.2 Å². The number of phenolic OH excluding ortho intramolecular Hbond substituents is 1. The first-order chi connectivity index (χ1) is 9.70. The van der Waals surface area contributed by atoms with Gasteiger partial charge in [0.15, 0.2) is 0 Å². The number of hydrogen-bond donors (Lipinski definition) is 2. The standard InChI is InChI=1S/C15H22N2O3/c18-11-10-16-6-3-7-17(9-8-16)15(20)12-13-4-1-2-5-14(13)19/h1-2,4-5,18-19H,3,6-12H2. The van der Waals surface area contributed by atoms with Gasteiger partial charge in [-0.2, -0.15) is 0 Å². The Morgan fingerprint density at radius 3 is 2.70 bits per heavy atom. The average molecular weight is 278 g/mol. The topological polar surface area (TPSA) is 64.0 Å². The average Bonchev–Trinajstić information content (AvgIpc) is 2.67. The Bertz CT molecular complexity index is 450. The second kappa shape index (κ2) is 7.26. The molecule has 0 bridgehead atoms. The van der Waals surface area contributed by atoms with Crippen LogP contribution in [0.4, 0.5) is 0 Å². The molecule has 1 saturated heterocycles. The van der Waals surface area contributed by atoms with E-state index in [0.29, 0.717) is 18.7 Å². The maximum atomic E-state index is 12.3. The monoisotopic (exact) mass is 278 g/mol. The third-order valence-electron chi connectivity index (χ3n) is 3.69. The van der Waals surface area contributed by atoms with Crippen LogP contribution in [0.15, 0.2) is 24.3 Å². The molecule has 2 rings (SSSR count). The number of aliphatic hydroxyl groups excluding tert-OH is 1. The molecule has 1 fully saturated rings. The van der Waals surface area contributed by atoms with E-state index in [-0.39, 0.29) is 24.7 Å². The number of aliphatic hydroxyl groups is 1. The van der Waals surface area contributed by atoms with Crippen LogP contribution in [0.5, 0.6) is 5.75 Å². The third kappa shape index (κ3) is 3.95. The summed E-state index contributed by atoms with van der Waals surface area (Å²) in [5.41, 5.74) is 0.675. The molecule has 20 heavy (non-hydrogen) atoms. The number of amides is 1. The van der Waals surface area contributed by atoms with E-state index in [0.717, 1.165) is 26.1 Å². The highest BCUT2D eigenvalue weighted by molar-refractivity contribution is 5.79. The fraction of sp³-hybridized carbons (Fsp3) is 0.533. The predicted molar refractivity (Wildman–Crippen MR) is 76.5 cm³/mol. The highest BCUT2D eigenvalue weighted by Gasteiger charge is 2.19. The van der Waals surface area contributed by atoms with Gasteiger partial charge in [-0.1, -0.05) is 18.2 Å². The van der Waals surface area contributed by atoms with Gasteiger partial charge in [0.1, 0.15) is 5.75 Å². The first-order valence-electron chi connectivity index (χ1n) is 7.08. The Morgan fingerprint density at radius 1 is 1.15 bits per heavy atom. The molecule has 0 saturated carbocycles. The van der Waals surface area contributed by atoms with Crippen molar-refractivity contribution < 1.29 is 15.0 Å². The Balaban J connectivity index is 1.91. The molecule has 5 heteroatoms. The SMILES string of the molecule is O=C(Cc1ccccc1O)N1CCCN(CCO)CC1. The summed E-state index contributed by atoms with van der Waals surface area (Å²) in [4.78, 5) is 16.3. The van der Waals surface area contributed by atoms with Gasteiger partial charge in [-0.05, 0) is 19.0 Å². The van der Waals surface area contributed by atoms with E-state index < -0.39 is 0 Å². The van der Waals surface area contributed by atoms with E-state index >= 15 is 0 Å². The van der Waals surface area contributed by atoms with Gasteiger partial charge >= 0.3 is 0 Å². The third-order valence-corrected chi connectivity index (χ3v) is 3.69. The normalized spacial score (nSPS) is 16.9. The smallest absolute Gasteiger partial charge is 0.227 e. The van der Waals surface area contributed by atoms with Crippen molar-refractivity contribution in [3.63, 3.8) is 0 Å². The summed E-state index contributed by atoms with van der Waals surface area (Å²) in [6, 6.07) is 6.97. The van der Waals surface area contributed by atoms with Gasteiger partial charge in [0, 0.05) is 31.7 Å². The van der Waals surface area contributed by atoms with Crippen LogP contribution in [-0.2, 0) is 11.2 Å². The number of benzene rings is 1. The zero-order chi connectivity index (χ0) is 14.4. The summed E-state index contributed by atoms with van der Waals surface area (Å²) < 4.78 is 0. The summed E-state index contributed by atoms with van der Waals surface area (Å²) in [6.07, 6.45) is 1.17. The molecule has 1 aromatic rings. The lowest BCUT2D eigenvalue weighted by Crippen LogP contribution is -2.36. The predicted octanol–water partition coefficient (Wildman–Crippen LogP) is 0.461. The number of nitrogens with zero attached hydrogens (tertiary/aromatic N) is 2. The lowest BCUT2D eigenvalue weighted by atomic mass is 10.1. The van der Waals surface area contributed by atoms with Crippen molar-refractivity contribution in [2.75, 3.05) is 39.3 Å².